The molecule has 11 heteroatoms. The number of aromatic nitrogens is 4. The summed E-state index contributed by atoms with van der Waals surface area (Å²) < 4.78 is 79.6. The molecule has 1 N–H and O–H groups in total. The minimum absolute atomic E-state index is 0.0607. The van der Waals surface area contributed by atoms with Gasteiger partial charge < -0.3 is 9.88 Å². The van der Waals surface area contributed by atoms with Crippen LogP contribution in [-0.2, 0) is 18.9 Å². The first kappa shape index (κ1) is 19.9. The van der Waals surface area contributed by atoms with Crippen LogP contribution >= 0.6 is 0 Å². The molecule has 0 radical (unpaired) electrons. The van der Waals surface area contributed by atoms with Crippen molar-refractivity contribution in [1.82, 2.24) is 19.5 Å². The van der Waals surface area contributed by atoms with Crippen LogP contribution in [0.2, 0.25) is 0 Å². The van der Waals surface area contributed by atoms with Gasteiger partial charge in [-0.1, -0.05) is 0 Å². The molecule has 0 saturated heterocycles. The van der Waals surface area contributed by atoms with Crippen molar-refractivity contribution in [2.45, 2.75) is 38.8 Å². The minimum Gasteiger partial charge on any atom is -0.364 e. The lowest BCUT2D eigenvalue weighted by Gasteiger charge is -2.15. The molecule has 0 aliphatic heterocycles. The Morgan fingerprint density at radius 3 is 2.07 bits per heavy atom. The molecule has 0 aliphatic rings. The zero-order valence-electron chi connectivity index (χ0n) is 14.7. The van der Waals surface area contributed by atoms with Gasteiger partial charge in [0.05, 0.1) is 17.5 Å². The van der Waals surface area contributed by atoms with E-state index in [9.17, 15) is 26.3 Å². The van der Waals surface area contributed by atoms with Gasteiger partial charge in [-0.05, 0) is 37.6 Å². The van der Waals surface area contributed by atoms with E-state index in [1.165, 1.54) is 6.33 Å². The van der Waals surface area contributed by atoms with Crippen LogP contribution in [0.15, 0.2) is 30.9 Å². The molecule has 0 spiro atoms. The van der Waals surface area contributed by atoms with Gasteiger partial charge in [0.1, 0.15) is 11.8 Å². The number of hydrogen-bond donors (Lipinski definition) is 1. The molecule has 0 aliphatic carbocycles. The molecule has 3 aromatic rings. The van der Waals surface area contributed by atoms with Gasteiger partial charge in [-0.2, -0.15) is 26.3 Å². The van der Waals surface area contributed by atoms with E-state index in [0.717, 1.165) is 0 Å². The first-order valence-corrected chi connectivity index (χ1v) is 8.16. The summed E-state index contributed by atoms with van der Waals surface area (Å²) in [5, 5.41) is 2.75. The Bertz CT molecular complexity index is 958. The third kappa shape index (κ3) is 4.02. The number of imidazole rings is 1. The molecule has 0 bridgehead atoms. The Morgan fingerprint density at radius 1 is 0.929 bits per heavy atom. The van der Waals surface area contributed by atoms with E-state index >= 15 is 0 Å². The summed E-state index contributed by atoms with van der Waals surface area (Å²) in [7, 11) is 0. The highest BCUT2D eigenvalue weighted by Gasteiger charge is 2.36. The third-order valence-corrected chi connectivity index (χ3v) is 4.02. The van der Waals surface area contributed by atoms with E-state index in [0.29, 0.717) is 23.3 Å². The second-order valence-corrected chi connectivity index (χ2v) is 6.41. The Kier molecular flexibility index (Phi) is 4.94. The lowest BCUT2D eigenvalue weighted by Crippen LogP contribution is -2.13. The maximum absolute atomic E-state index is 13.0. The van der Waals surface area contributed by atoms with Gasteiger partial charge in [-0.25, -0.2) is 15.0 Å². The van der Waals surface area contributed by atoms with E-state index in [2.05, 4.69) is 20.3 Å². The third-order valence-electron chi connectivity index (χ3n) is 4.02. The zero-order valence-corrected chi connectivity index (χ0v) is 14.7. The van der Waals surface area contributed by atoms with Crippen LogP contribution in [0.1, 0.15) is 36.6 Å². The summed E-state index contributed by atoms with van der Waals surface area (Å²) in [6.07, 6.45) is -7.00. The van der Waals surface area contributed by atoms with Crippen molar-refractivity contribution >= 4 is 17.0 Å². The number of hydrogen-bond acceptors (Lipinski definition) is 4. The van der Waals surface area contributed by atoms with Crippen molar-refractivity contribution in [2.24, 2.45) is 0 Å². The van der Waals surface area contributed by atoms with Gasteiger partial charge in [-0.15, -0.1) is 0 Å². The fourth-order valence-corrected chi connectivity index (χ4v) is 2.67. The van der Waals surface area contributed by atoms with Gasteiger partial charge in [0, 0.05) is 12.6 Å². The number of halogens is 6. The number of fused-ring (bicyclic) bond motifs is 1. The molecule has 0 atom stereocenters. The Balaban J connectivity index is 1.94. The average molecular weight is 403 g/mol. The summed E-state index contributed by atoms with van der Waals surface area (Å²) >= 11 is 0. The highest BCUT2D eigenvalue weighted by Crippen LogP contribution is 2.36. The fraction of sp³-hybridized carbons (Fsp3) is 0.353. The van der Waals surface area contributed by atoms with E-state index in [1.807, 2.05) is 13.8 Å². The first-order valence-electron chi connectivity index (χ1n) is 8.16. The molecule has 0 unspecified atom stereocenters. The summed E-state index contributed by atoms with van der Waals surface area (Å²) in [6, 6.07) is 1.50. The summed E-state index contributed by atoms with van der Waals surface area (Å²) in [5.74, 6) is 0.218. The number of rotatable bonds is 4. The molecule has 28 heavy (non-hydrogen) atoms. The first-order chi connectivity index (χ1) is 13.0. The molecular weight excluding hydrogens is 388 g/mol. The Morgan fingerprint density at radius 2 is 1.54 bits per heavy atom. The average Bonchev–Trinajstić information content (AvgIpc) is 3.03. The number of anilines is 1. The second-order valence-electron chi connectivity index (χ2n) is 6.41. The largest absolute Gasteiger partial charge is 0.416 e. The highest BCUT2D eigenvalue weighted by molar-refractivity contribution is 5.82. The lowest BCUT2D eigenvalue weighted by atomic mass is 10.0. The van der Waals surface area contributed by atoms with E-state index < -0.39 is 23.5 Å². The number of nitrogens with one attached hydrogen (secondary N) is 1. The fourth-order valence-electron chi connectivity index (χ4n) is 2.67. The van der Waals surface area contributed by atoms with Crippen molar-refractivity contribution in [1.29, 1.82) is 0 Å². The van der Waals surface area contributed by atoms with Crippen molar-refractivity contribution in [2.75, 3.05) is 5.32 Å². The van der Waals surface area contributed by atoms with Crippen molar-refractivity contribution in [3.63, 3.8) is 0 Å². The maximum atomic E-state index is 13.0. The van der Waals surface area contributed by atoms with Crippen molar-refractivity contribution in [3.8, 4) is 0 Å². The molecule has 0 fully saturated rings. The molecule has 0 amide bonds. The molecule has 2 heterocycles. The molecule has 2 aromatic heterocycles. The molecule has 1 aromatic carbocycles. The Hall–Kier alpha value is -2.85. The molecular formula is C17H15F6N5. The van der Waals surface area contributed by atoms with Gasteiger partial charge in [-0.3, -0.25) is 0 Å². The van der Waals surface area contributed by atoms with Crippen LogP contribution in [-0.4, -0.2) is 19.5 Å². The predicted molar refractivity (Wildman–Crippen MR) is 89.5 cm³/mol. The topological polar surface area (TPSA) is 55.6 Å². The van der Waals surface area contributed by atoms with Gasteiger partial charge in [0.15, 0.2) is 11.5 Å². The quantitative estimate of drug-likeness (QED) is 0.619. The number of nitrogens with zero attached hydrogens (tertiary/aromatic N) is 4. The number of alkyl halides is 6. The number of benzene rings is 1. The van der Waals surface area contributed by atoms with Crippen LogP contribution in [0.4, 0.5) is 32.2 Å². The molecule has 5 nitrogen and oxygen atoms in total. The van der Waals surface area contributed by atoms with Crippen molar-refractivity contribution < 1.29 is 26.3 Å². The smallest absolute Gasteiger partial charge is 0.364 e. The summed E-state index contributed by atoms with van der Waals surface area (Å²) in [5.41, 5.74) is -2.03. The SMILES string of the molecule is CC(C)n1cnc2c(NCc3cc(C(F)(F)F)cc(C(F)(F)F)c3)ncnc21. The van der Waals surface area contributed by atoms with Gasteiger partial charge >= 0.3 is 12.4 Å². The van der Waals surface area contributed by atoms with Gasteiger partial charge in [0.25, 0.3) is 0 Å². The van der Waals surface area contributed by atoms with E-state index in [-0.39, 0.29) is 30.0 Å². The van der Waals surface area contributed by atoms with Crippen LogP contribution in [0, 0.1) is 0 Å². The van der Waals surface area contributed by atoms with Crippen molar-refractivity contribution in [3.05, 3.63) is 47.5 Å². The van der Waals surface area contributed by atoms with E-state index in [1.54, 1.807) is 10.9 Å². The molecule has 0 saturated carbocycles. The summed E-state index contributed by atoms with van der Waals surface area (Å²) in [4.78, 5) is 12.3. The standard InChI is InChI=1S/C17H15F6N5/c1-9(2)28-8-27-13-14(25-7-26-15(13)28)24-6-10-3-11(16(18,19)20)5-12(4-10)17(21,22)23/h3-5,7-9H,6H2,1-2H3,(H,24,25,26). The Labute approximate surface area is 155 Å². The summed E-state index contributed by atoms with van der Waals surface area (Å²) in [6.45, 7) is 3.53. The second kappa shape index (κ2) is 6.95. The van der Waals surface area contributed by atoms with Crippen LogP contribution in [0.25, 0.3) is 11.2 Å². The van der Waals surface area contributed by atoms with Crippen LogP contribution < -0.4 is 5.32 Å². The lowest BCUT2D eigenvalue weighted by molar-refractivity contribution is -0.143. The highest BCUT2D eigenvalue weighted by atomic mass is 19.4. The normalized spacial score (nSPS) is 12.8. The minimum atomic E-state index is -4.89. The van der Waals surface area contributed by atoms with E-state index in [4.69, 9.17) is 0 Å². The van der Waals surface area contributed by atoms with Gasteiger partial charge in [0.2, 0.25) is 0 Å². The molecule has 3 rings (SSSR count). The zero-order chi connectivity index (χ0) is 20.7. The van der Waals surface area contributed by atoms with Crippen LogP contribution in [0.5, 0.6) is 0 Å². The maximum Gasteiger partial charge on any atom is 0.416 e. The monoisotopic (exact) mass is 403 g/mol. The predicted octanol–water partition coefficient (Wildman–Crippen LogP) is 5.06. The van der Waals surface area contributed by atoms with Crippen LogP contribution in [0.3, 0.4) is 0 Å². The molecule has 150 valence electrons.